The molecular weight excluding hydrogens is 316 g/mol. The molecule has 0 unspecified atom stereocenters. The van der Waals surface area contributed by atoms with Crippen LogP contribution in [0.15, 0.2) is 40.8 Å². The summed E-state index contributed by atoms with van der Waals surface area (Å²) in [5, 5.41) is 3.88. The molecule has 0 atom stereocenters. The van der Waals surface area contributed by atoms with Crippen LogP contribution in [0.1, 0.15) is 27.2 Å². The number of anilines is 1. The first kappa shape index (κ1) is 17.0. The fourth-order valence-electron chi connectivity index (χ4n) is 2.89. The molecule has 0 spiro atoms. The molecule has 3 N–H and O–H groups in total. The second kappa shape index (κ2) is 6.99. The van der Waals surface area contributed by atoms with Crippen molar-refractivity contribution in [3.63, 3.8) is 0 Å². The summed E-state index contributed by atoms with van der Waals surface area (Å²) >= 11 is 0. The molecule has 1 heterocycles. The standard InChI is InChI=1S/C20H22N2O3/c1-12-4-5-13(2)18-17(12)14(3)19(25-18)20(23)22-15-6-8-16(9-7-15)24-11-10-21/h4-9H,10-11,21H2,1-3H3,(H,22,23). The molecule has 0 saturated heterocycles. The molecule has 0 fully saturated rings. The molecule has 0 bridgehead atoms. The zero-order chi connectivity index (χ0) is 18.0. The first-order valence-corrected chi connectivity index (χ1v) is 8.25. The van der Waals surface area contributed by atoms with Crippen molar-refractivity contribution in [2.75, 3.05) is 18.5 Å². The SMILES string of the molecule is Cc1ccc(C)c2c(C)c(C(=O)Nc3ccc(OCCN)cc3)oc12. The van der Waals surface area contributed by atoms with Crippen LogP contribution in [-0.4, -0.2) is 19.1 Å². The van der Waals surface area contributed by atoms with E-state index in [0.29, 0.717) is 24.6 Å². The van der Waals surface area contributed by atoms with E-state index in [9.17, 15) is 4.79 Å². The highest BCUT2D eigenvalue weighted by Gasteiger charge is 2.20. The highest BCUT2D eigenvalue weighted by molar-refractivity contribution is 6.07. The third-order valence-electron chi connectivity index (χ3n) is 4.19. The Kier molecular flexibility index (Phi) is 4.76. The first-order chi connectivity index (χ1) is 12.0. The second-order valence-electron chi connectivity index (χ2n) is 6.08. The Labute approximate surface area is 146 Å². The van der Waals surface area contributed by atoms with Crippen LogP contribution in [-0.2, 0) is 0 Å². The highest BCUT2D eigenvalue weighted by atomic mass is 16.5. The van der Waals surface area contributed by atoms with Gasteiger partial charge in [0.05, 0.1) is 0 Å². The van der Waals surface area contributed by atoms with Crippen molar-refractivity contribution < 1.29 is 13.9 Å². The molecule has 130 valence electrons. The van der Waals surface area contributed by atoms with Gasteiger partial charge in [-0.05, 0) is 56.2 Å². The topological polar surface area (TPSA) is 77.5 Å². The van der Waals surface area contributed by atoms with Gasteiger partial charge in [-0.1, -0.05) is 12.1 Å². The second-order valence-corrected chi connectivity index (χ2v) is 6.08. The van der Waals surface area contributed by atoms with Gasteiger partial charge in [-0.25, -0.2) is 0 Å². The molecule has 5 nitrogen and oxygen atoms in total. The van der Waals surface area contributed by atoms with Crippen molar-refractivity contribution in [2.45, 2.75) is 20.8 Å². The first-order valence-electron chi connectivity index (χ1n) is 8.25. The van der Waals surface area contributed by atoms with E-state index in [4.69, 9.17) is 14.9 Å². The molecule has 1 aromatic heterocycles. The number of furan rings is 1. The molecule has 0 radical (unpaired) electrons. The summed E-state index contributed by atoms with van der Waals surface area (Å²) in [4.78, 5) is 12.6. The van der Waals surface area contributed by atoms with Gasteiger partial charge in [0.15, 0.2) is 5.76 Å². The number of carbonyl (C=O) groups is 1. The average molecular weight is 338 g/mol. The predicted octanol–water partition coefficient (Wildman–Crippen LogP) is 3.95. The van der Waals surface area contributed by atoms with Gasteiger partial charge in [0.25, 0.3) is 5.91 Å². The molecule has 25 heavy (non-hydrogen) atoms. The van der Waals surface area contributed by atoms with E-state index in [1.165, 1.54) is 0 Å². The summed E-state index contributed by atoms with van der Waals surface area (Å²) in [7, 11) is 0. The number of ether oxygens (including phenoxy) is 1. The monoisotopic (exact) mass is 338 g/mol. The molecule has 5 heteroatoms. The molecule has 3 rings (SSSR count). The lowest BCUT2D eigenvalue weighted by molar-refractivity contribution is 0.0998. The zero-order valence-electron chi connectivity index (χ0n) is 14.7. The van der Waals surface area contributed by atoms with Crippen LogP contribution in [0.5, 0.6) is 5.75 Å². The Morgan fingerprint density at radius 1 is 1.08 bits per heavy atom. The van der Waals surface area contributed by atoms with Gasteiger partial charge >= 0.3 is 0 Å². The van der Waals surface area contributed by atoms with Gasteiger partial charge in [-0.15, -0.1) is 0 Å². The van der Waals surface area contributed by atoms with Gasteiger partial charge in [-0.3, -0.25) is 4.79 Å². The van der Waals surface area contributed by atoms with Gasteiger partial charge in [0, 0.05) is 23.2 Å². The van der Waals surface area contributed by atoms with Gasteiger partial charge < -0.3 is 20.2 Å². The number of nitrogens with one attached hydrogen (secondary N) is 1. The summed E-state index contributed by atoms with van der Waals surface area (Å²) < 4.78 is 11.3. The summed E-state index contributed by atoms with van der Waals surface area (Å²) in [6, 6.07) is 11.2. The quantitative estimate of drug-likeness (QED) is 0.738. The Bertz CT molecular complexity index is 911. The minimum absolute atomic E-state index is 0.261. The smallest absolute Gasteiger partial charge is 0.291 e. The minimum Gasteiger partial charge on any atom is -0.492 e. The predicted molar refractivity (Wildman–Crippen MR) is 99.4 cm³/mol. The van der Waals surface area contributed by atoms with Crippen LogP contribution in [0.4, 0.5) is 5.69 Å². The van der Waals surface area contributed by atoms with E-state index in [2.05, 4.69) is 5.32 Å². The van der Waals surface area contributed by atoms with Crippen LogP contribution in [0, 0.1) is 20.8 Å². The van der Waals surface area contributed by atoms with Gasteiger partial charge in [0.1, 0.15) is 17.9 Å². The van der Waals surface area contributed by atoms with Crippen LogP contribution in [0.25, 0.3) is 11.0 Å². The summed E-state index contributed by atoms with van der Waals surface area (Å²) in [5.41, 5.74) is 9.84. The Hall–Kier alpha value is -2.79. The van der Waals surface area contributed by atoms with Crippen molar-refractivity contribution in [3.05, 3.63) is 58.8 Å². The number of hydrogen-bond donors (Lipinski definition) is 2. The van der Waals surface area contributed by atoms with Crippen molar-refractivity contribution in [2.24, 2.45) is 5.73 Å². The van der Waals surface area contributed by atoms with Crippen LogP contribution < -0.4 is 15.8 Å². The molecule has 3 aromatic rings. The number of rotatable bonds is 5. The third-order valence-corrected chi connectivity index (χ3v) is 4.19. The lowest BCUT2D eigenvalue weighted by atomic mass is 10.0. The Balaban J connectivity index is 1.84. The number of aryl methyl sites for hydroxylation is 3. The number of fused-ring (bicyclic) bond motifs is 1. The molecule has 2 aromatic carbocycles. The average Bonchev–Trinajstić information content (AvgIpc) is 2.96. The van der Waals surface area contributed by atoms with E-state index in [1.54, 1.807) is 24.3 Å². The van der Waals surface area contributed by atoms with Crippen molar-refractivity contribution >= 4 is 22.6 Å². The third kappa shape index (κ3) is 3.37. The van der Waals surface area contributed by atoms with Gasteiger partial charge in [0.2, 0.25) is 0 Å². The van der Waals surface area contributed by atoms with E-state index in [0.717, 1.165) is 33.4 Å². The van der Waals surface area contributed by atoms with Crippen molar-refractivity contribution in [1.82, 2.24) is 0 Å². The summed E-state index contributed by atoms with van der Waals surface area (Å²) in [6.45, 7) is 6.83. The largest absolute Gasteiger partial charge is 0.492 e. The lowest BCUT2D eigenvalue weighted by Crippen LogP contribution is -2.12. The molecule has 0 aliphatic carbocycles. The molecular formula is C20H22N2O3. The van der Waals surface area contributed by atoms with Crippen molar-refractivity contribution in [1.29, 1.82) is 0 Å². The fraction of sp³-hybridized carbons (Fsp3) is 0.250. The van der Waals surface area contributed by atoms with Crippen LogP contribution >= 0.6 is 0 Å². The summed E-state index contributed by atoms with van der Waals surface area (Å²) in [5.74, 6) is 0.800. The molecule has 0 saturated carbocycles. The highest BCUT2D eigenvalue weighted by Crippen LogP contribution is 2.31. The number of nitrogens with two attached hydrogens (primary N) is 1. The maximum absolute atomic E-state index is 12.6. The van der Waals surface area contributed by atoms with Gasteiger partial charge in [-0.2, -0.15) is 0 Å². The normalized spacial score (nSPS) is 10.9. The number of benzene rings is 2. The van der Waals surface area contributed by atoms with E-state index < -0.39 is 0 Å². The van der Waals surface area contributed by atoms with Crippen LogP contribution in [0.2, 0.25) is 0 Å². The number of amides is 1. The molecule has 0 aliphatic heterocycles. The van der Waals surface area contributed by atoms with Crippen molar-refractivity contribution in [3.8, 4) is 5.75 Å². The fourth-order valence-corrected chi connectivity index (χ4v) is 2.89. The van der Waals surface area contributed by atoms with E-state index in [-0.39, 0.29) is 5.91 Å². The Morgan fingerprint density at radius 3 is 2.40 bits per heavy atom. The Morgan fingerprint density at radius 2 is 1.76 bits per heavy atom. The van der Waals surface area contributed by atoms with E-state index >= 15 is 0 Å². The van der Waals surface area contributed by atoms with E-state index in [1.807, 2.05) is 32.9 Å². The zero-order valence-corrected chi connectivity index (χ0v) is 14.7. The lowest BCUT2D eigenvalue weighted by Gasteiger charge is -2.07. The maximum atomic E-state index is 12.6. The van der Waals surface area contributed by atoms with Crippen LogP contribution in [0.3, 0.4) is 0 Å². The number of carbonyl (C=O) groups excluding carboxylic acids is 1. The molecule has 1 amide bonds. The number of hydrogen-bond acceptors (Lipinski definition) is 4. The minimum atomic E-state index is -0.261. The molecule has 0 aliphatic rings. The maximum Gasteiger partial charge on any atom is 0.291 e. The summed E-state index contributed by atoms with van der Waals surface area (Å²) in [6.07, 6.45) is 0.